The summed E-state index contributed by atoms with van der Waals surface area (Å²) < 4.78 is 0. The Bertz CT molecular complexity index is 591. The van der Waals surface area contributed by atoms with Crippen molar-refractivity contribution in [2.75, 3.05) is 13.1 Å². The number of rotatable bonds is 4. The molecule has 1 fully saturated rings. The Morgan fingerprint density at radius 3 is 2.15 bits per heavy atom. The van der Waals surface area contributed by atoms with Crippen LogP contribution in [0.25, 0.3) is 0 Å². The van der Waals surface area contributed by atoms with Crippen LogP contribution in [0.3, 0.4) is 0 Å². The molecular formula is C17H17Cl2N. The first-order valence-electron chi connectivity index (χ1n) is 6.86. The lowest BCUT2D eigenvalue weighted by molar-refractivity contribution is 0.166. The van der Waals surface area contributed by atoms with Crippen LogP contribution in [-0.4, -0.2) is 13.1 Å². The normalized spacial score (nSPS) is 16.7. The van der Waals surface area contributed by atoms with Gasteiger partial charge in [-0.05, 0) is 36.1 Å². The largest absolute Gasteiger partial charge is 0.315 e. The van der Waals surface area contributed by atoms with Gasteiger partial charge in [0.2, 0.25) is 0 Å². The SMILES string of the molecule is Clc1ccc(CC2(Cc3ccccc3)CNC2)cc1Cl. The van der Waals surface area contributed by atoms with Gasteiger partial charge in [-0.2, -0.15) is 0 Å². The maximum absolute atomic E-state index is 6.12. The first-order chi connectivity index (χ1) is 9.67. The summed E-state index contributed by atoms with van der Waals surface area (Å²) in [5.41, 5.74) is 2.96. The summed E-state index contributed by atoms with van der Waals surface area (Å²) in [6.45, 7) is 2.12. The molecule has 0 aliphatic carbocycles. The van der Waals surface area contributed by atoms with E-state index in [-0.39, 0.29) is 0 Å². The fourth-order valence-electron chi connectivity index (χ4n) is 2.90. The van der Waals surface area contributed by atoms with Crippen LogP contribution in [0.4, 0.5) is 0 Å². The zero-order valence-electron chi connectivity index (χ0n) is 11.2. The van der Waals surface area contributed by atoms with E-state index in [2.05, 4.69) is 41.7 Å². The van der Waals surface area contributed by atoms with Crippen molar-refractivity contribution in [2.24, 2.45) is 5.41 Å². The van der Waals surface area contributed by atoms with E-state index in [9.17, 15) is 0 Å². The van der Waals surface area contributed by atoms with E-state index in [1.165, 1.54) is 11.1 Å². The molecule has 0 amide bonds. The minimum atomic E-state index is 0.304. The summed E-state index contributed by atoms with van der Waals surface area (Å²) in [6.07, 6.45) is 2.13. The average Bonchev–Trinajstić information content (AvgIpc) is 2.41. The Balaban J connectivity index is 1.77. The summed E-state index contributed by atoms with van der Waals surface area (Å²) in [7, 11) is 0. The highest BCUT2D eigenvalue weighted by atomic mass is 35.5. The Morgan fingerprint density at radius 1 is 0.850 bits per heavy atom. The number of hydrogen-bond acceptors (Lipinski definition) is 1. The van der Waals surface area contributed by atoms with Crippen molar-refractivity contribution in [1.29, 1.82) is 0 Å². The molecule has 0 saturated carbocycles. The van der Waals surface area contributed by atoms with Crippen molar-refractivity contribution in [3.63, 3.8) is 0 Å². The van der Waals surface area contributed by atoms with Crippen LogP contribution in [0.15, 0.2) is 48.5 Å². The molecule has 1 aliphatic heterocycles. The molecule has 0 spiro atoms. The highest BCUT2D eigenvalue weighted by Gasteiger charge is 2.36. The van der Waals surface area contributed by atoms with Gasteiger partial charge >= 0.3 is 0 Å². The Kier molecular flexibility index (Phi) is 4.02. The highest BCUT2D eigenvalue weighted by molar-refractivity contribution is 6.42. The topological polar surface area (TPSA) is 12.0 Å². The highest BCUT2D eigenvalue weighted by Crippen LogP contribution is 2.33. The van der Waals surface area contributed by atoms with Crippen molar-refractivity contribution in [2.45, 2.75) is 12.8 Å². The van der Waals surface area contributed by atoms with E-state index < -0.39 is 0 Å². The van der Waals surface area contributed by atoms with Gasteiger partial charge in [-0.3, -0.25) is 0 Å². The van der Waals surface area contributed by atoms with Gasteiger partial charge in [-0.15, -0.1) is 0 Å². The fraction of sp³-hybridized carbons (Fsp3) is 0.294. The van der Waals surface area contributed by atoms with Gasteiger partial charge in [0.1, 0.15) is 0 Å². The molecule has 2 aromatic rings. The zero-order valence-corrected chi connectivity index (χ0v) is 12.7. The van der Waals surface area contributed by atoms with Crippen LogP contribution in [-0.2, 0) is 12.8 Å². The summed E-state index contributed by atoms with van der Waals surface area (Å²) in [4.78, 5) is 0. The van der Waals surface area contributed by atoms with Crippen molar-refractivity contribution >= 4 is 23.2 Å². The van der Waals surface area contributed by atoms with Gasteiger partial charge in [-0.25, -0.2) is 0 Å². The van der Waals surface area contributed by atoms with E-state index in [0.717, 1.165) is 25.9 Å². The number of benzene rings is 2. The molecule has 1 saturated heterocycles. The number of halogens is 2. The number of hydrogen-bond donors (Lipinski definition) is 1. The minimum absolute atomic E-state index is 0.304. The molecule has 1 aliphatic rings. The quantitative estimate of drug-likeness (QED) is 0.884. The van der Waals surface area contributed by atoms with Crippen molar-refractivity contribution < 1.29 is 0 Å². The molecule has 1 nitrogen and oxygen atoms in total. The predicted molar refractivity (Wildman–Crippen MR) is 85.6 cm³/mol. The van der Waals surface area contributed by atoms with Gasteiger partial charge in [0.15, 0.2) is 0 Å². The second-order valence-electron chi connectivity index (χ2n) is 5.69. The maximum Gasteiger partial charge on any atom is 0.0595 e. The van der Waals surface area contributed by atoms with Gasteiger partial charge in [-0.1, -0.05) is 59.6 Å². The first kappa shape index (κ1) is 13.9. The monoisotopic (exact) mass is 305 g/mol. The summed E-state index contributed by atoms with van der Waals surface area (Å²) >= 11 is 12.1. The molecule has 0 bridgehead atoms. The fourth-order valence-corrected chi connectivity index (χ4v) is 3.22. The first-order valence-corrected chi connectivity index (χ1v) is 7.61. The zero-order chi connectivity index (χ0) is 14.0. The van der Waals surface area contributed by atoms with E-state index in [1.807, 2.05) is 12.1 Å². The molecule has 0 aromatic heterocycles. The lowest BCUT2D eigenvalue weighted by Gasteiger charge is -2.43. The molecule has 3 rings (SSSR count). The van der Waals surface area contributed by atoms with Gasteiger partial charge in [0.05, 0.1) is 10.0 Å². The molecule has 1 N–H and O–H groups in total. The van der Waals surface area contributed by atoms with E-state index >= 15 is 0 Å². The number of nitrogens with one attached hydrogen (secondary N) is 1. The van der Waals surface area contributed by atoms with Gasteiger partial charge < -0.3 is 5.32 Å². The molecule has 20 heavy (non-hydrogen) atoms. The Morgan fingerprint density at radius 2 is 1.55 bits per heavy atom. The van der Waals surface area contributed by atoms with Crippen LogP contribution >= 0.6 is 23.2 Å². The van der Waals surface area contributed by atoms with E-state index in [4.69, 9.17) is 23.2 Å². The standard InChI is InChI=1S/C17H17Cl2N/c18-15-7-6-14(8-16(15)19)10-17(11-20-12-17)9-13-4-2-1-3-5-13/h1-8,20H,9-12H2. The van der Waals surface area contributed by atoms with E-state index in [1.54, 1.807) is 0 Å². The predicted octanol–water partition coefficient (Wildman–Crippen LogP) is 4.37. The second kappa shape index (κ2) is 5.77. The van der Waals surface area contributed by atoms with Crippen LogP contribution in [0.1, 0.15) is 11.1 Å². The molecule has 1 heterocycles. The molecule has 0 atom stereocenters. The Labute approximate surface area is 129 Å². The molecule has 0 radical (unpaired) electrons. The molecule has 0 unspecified atom stereocenters. The second-order valence-corrected chi connectivity index (χ2v) is 6.51. The smallest absolute Gasteiger partial charge is 0.0595 e. The summed E-state index contributed by atoms with van der Waals surface area (Å²) in [5.74, 6) is 0. The van der Waals surface area contributed by atoms with Crippen molar-refractivity contribution in [1.82, 2.24) is 5.32 Å². The average molecular weight is 306 g/mol. The van der Waals surface area contributed by atoms with Crippen molar-refractivity contribution in [3.05, 3.63) is 69.7 Å². The lowest BCUT2D eigenvalue weighted by Crippen LogP contribution is -2.56. The van der Waals surface area contributed by atoms with Crippen LogP contribution < -0.4 is 5.32 Å². The molecule has 3 heteroatoms. The van der Waals surface area contributed by atoms with E-state index in [0.29, 0.717) is 15.5 Å². The molecule has 104 valence electrons. The minimum Gasteiger partial charge on any atom is -0.315 e. The van der Waals surface area contributed by atoms with Crippen molar-refractivity contribution in [3.8, 4) is 0 Å². The van der Waals surface area contributed by atoms with Gasteiger partial charge in [0, 0.05) is 18.5 Å². The van der Waals surface area contributed by atoms with Crippen LogP contribution in [0.5, 0.6) is 0 Å². The lowest BCUT2D eigenvalue weighted by atomic mass is 9.72. The third-order valence-electron chi connectivity index (χ3n) is 3.99. The van der Waals surface area contributed by atoms with Crippen LogP contribution in [0, 0.1) is 5.41 Å². The summed E-state index contributed by atoms with van der Waals surface area (Å²) in [5, 5.41) is 4.68. The van der Waals surface area contributed by atoms with Crippen LogP contribution in [0.2, 0.25) is 10.0 Å². The Hall–Kier alpha value is -1.02. The van der Waals surface area contributed by atoms with Gasteiger partial charge in [0.25, 0.3) is 0 Å². The molecular weight excluding hydrogens is 289 g/mol. The molecule has 2 aromatic carbocycles. The maximum atomic E-state index is 6.12. The summed E-state index contributed by atoms with van der Waals surface area (Å²) in [6, 6.07) is 16.6. The third kappa shape index (κ3) is 3.01. The third-order valence-corrected chi connectivity index (χ3v) is 4.72.